The number of likely N-dealkylation sites (tertiary alicyclic amines) is 1. The minimum absolute atomic E-state index is 0.376. The van der Waals surface area contributed by atoms with Crippen molar-refractivity contribution in [3.05, 3.63) is 6.20 Å². The number of rotatable bonds is 6. The molecule has 2 aromatic heterocycles. The molecule has 1 fully saturated rings. The summed E-state index contributed by atoms with van der Waals surface area (Å²) >= 11 is 0. The molecule has 0 saturated carbocycles. The van der Waals surface area contributed by atoms with Gasteiger partial charge in [-0.25, -0.2) is 5.84 Å². The van der Waals surface area contributed by atoms with E-state index in [2.05, 4.69) is 42.7 Å². The molecule has 0 radical (unpaired) electrons. The van der Waals surface area contributed by atoms with Crippen LogP contribution in [0.3, 0.4) is 0 Å². The van der Waals surface area contributed by atoms with Crippen molar-refractivity contribution < 1.29 is 0 Å². The minimum Gasteiger partial charge on any atom is -0.369 e. The first-order chi connectivity index (χ1) is 10.3. The summed E-state index contributed by atoms with van der Waals surface area (Å²) in [5, 5.41) is 11.1. The molecule has 1 unspecified atom stereocenters. The first-order valence-corrected chi connectivity index (χ1v) is 7.40. The Bertz CT molecular complexity index is 589. The molecule has 8 heteroatoms. The number of aromatic nitrogens is 4. The quantitative estimate of drug-likeness (QED) is 0.460. The Labute approximate surface area is 123 Å². The van der Waals surface area contributed by atoms with Crippen LogP contribution in [0.4, 0.5) is 11.8 Å². The monoisotopic (exact) mass is 290 g/mol. The summed E-state index contributed by atoms with van der Waals surface area (Å²) < 4.78 is 0. The number of nitrogens with two attached hydrogens (primary N) is 1. The predicted octanol–water partition coefficient (Wildman–Crippen LogP) is 0.782. The Balaban J connectivity index is 1.65. The molecule has 1 atom stereocenters. The summed E-state index contributed by atoms with van der Waals surface area (Å²) in [4.78, 5) is 11.1. The van der Waals surface area contributed by atoms with Crippen LogP contribution in [0.15, 0.2) is 6.20 Å². The van der Waals surface area contributed by atoms with Crippen molar-refractivity contribution in [1.82, 2.24) is 25.1 Å². The number of hydrogen-bond donors (Lipinski definition) is 4. The molecule has 0 bridgehead atoms. The van der Waals surface area contributed by atoms with Gasteiger partial charge in [0.1, 0.15) is 5.82 Å². The second-order valence-electron chi connectivity index (χ2n) is 5.67. The van der Waals surface area contributed by atoms with Crippen LogP contribution < -0.4 is 16.6 Å². The molecule has 0 aliphatic carbocycles. The molecule has 0 aromatic carbocycles. The molecule has 0 spiro atoms. The lowest BCUT2D eigenvalue weighted by Gasteiger charge is -2.20. The summed E-state index contributed by atoms with van der Waals surface area (Å²) in [5.41, 5.74) is 3.15. The lowest BCUT2D eigenvalue weighted by molar-refractivity contribution is 0.294. The zero-order valence-corrected chi connectivity index (χ0v) is 12.3. The van der Waals surface area contributed by atoms with Crippen molar-refractivity contribution in [2.24, 2.45) is 11.8 Å². The fraction of sp³-hybridized carbons (Fsp3) is 0.615. The SMILES string of the molecule is CC(CNc1nc(NN)nc2[nH]ncc12)CN1CCCC1. The highest BCUT2D eigenvalue weighted by Crippen LogP contribution is 2.20. The molecule has 114 valence electrons. The molecule has 21 heavy (non-hydrogen) atoms. The van der Waals surface area contributed by atoms with Gasteiger partial charge in [0.05, 0.1) is 11.6 Å². The minimum atomic E-state index is 0.376. The van der Waals surface area contributed by atoms with Crippen LogP contribution in [-0.2, 0) is 0 Å². The largest absolute Gasteiger partial charge is 0.369 e. The average molecular weight is 290 g/mol. The standard InChI is InChI=1S/C13H22N8/c1-9(8-21-4-2-3-5-21)6-15-11-10-7-16-20-12(10)18-13(17-11)19-14/h7,9H,2-6,8,14H2,1H3,(H3,15,16,17,18,19,20). The van der Waals surface area contributed by atoms with E-state index in [9.17, 15) is 0 Å². The van der Waals surface area contributed by atoms with E-state index >= 15 is 0 Å². The summed E-state index contributed by atoms with van der Waals surface area (Å²) in [6.07, 6.45) is 4.38. The first-order valence-electron chi connectivity index (χ1n) is 7.40. The van der Waals surface area contributed by atoms with Crippen LogP contribution >= 0.6 is 0 Å². The molecule has 1 aliphatic heterocycles. The Morgan fingerprint density at radius 1 is 1.38 bits per heavy atom. The first kappa shape index (κ1) is 14.0. The summed E-state index contributed by atoms with van der Waals surface area (Å²) in [6, 6.07) is 0. The van der Waals surface area contributed by atoms with Gasteiger partial charge >= 0.3 is 0 Å². The Morgan fingerprint density at radius 3 is 2.95 bits per heavy atom. The van der Waals surface area contributed by atoms with Gasteiger partial charge in [-0.05, 0) is 31.8 Å². The van der Waals surface area contributed by atoms with Gasteiger partial charge in [-0.1, -0.05) is 6.92 Å². The number of hydrogen-bond acceptors (Lipinski definition) is 7. The smallest absolute Gasteiger partial charge is 0.241 e. The number of aromatic amines is 1. The van der Waals surface area contributed by atoms with Crippen LogP contribution in [0.25, 0.3) is 11.0 Å². The third kappa shape index (κ3) is 3.22. The lowest BCUT2D eigenvalue weighted by Crippen LogP contribution is -2.29. The molecule has 5 N–H and O–H groups in total. The maximum atomic E-state index is 5.40. The fourth-order valence-corrected chi connectivity index (χ4v) is 2.78. The van der Waals surface area contributed by atoms with Crippen molar-refractivity contribution in [2.75, 3.05) is 36.9 Å². The molecular weight excluding hydrogens is 268 g/mol. The maximum Gasteiger partial charge on any atom is 0.241 e. The van der Waals surface area contributed by atoms with E-state index in [1.165, 1.54) is 25.9 Å². The van der Waals surface area contributed by atoms with Crippen molar-refractivity contribution in [2.45, 2.75) is 19.8 Å². The molecule has 2 aromatic rings. The van der Waals surface area contributed by atoms with E-state index in [4.69, 9.17) is 5.84 Å². The summed E-state index contributed by atoms with van der Waals surface area (Å²) in [5.74, 6) is 7.09. The lowest BCUT2D eigenvalue weighted by atomic mass is 10.1. The van der Waals surface area contributed by atoms with Crippen LogP contribution in [-0.4, -0.2) is 51.2 Å². The fourth-order valence-electron chi connectivity index (χ4n) is 2.78. The number of fused-ring (bicyclic) bond motifs is 1. The van der Waals surface area contributed by atoms with Gasteiger partial charge in [0.25, 0.3) is 0 Å². The number of nitrogen functional groups attached to an aromatic ring is 1. The highest BCUT2D eigenvalue weighted by molar-refractivity contribution is 5.86. The third-order valence-electron chi connectivity index (χ3n) is 3.83. The van der Waals surface area contributed by atoms with Crippen LogP contribution in [0.1, 0.15) is 19.8 Å². The zero-order chi connectivity index (χ0) is 14.7. The van der Waals surface area contributed by atoms with E-state index in [1.54, 1.807) is 6.20 Å². The highest BCUT2D eigenvalue weighted by Gasteiger charge is 2.15. The topological polar surface area (TPSA) is 108 Å². The van der Waals surface area contributed by atoms with Gasteiger partial charge in [0.15, 0.2) is 5.65 Å². The van der Waals surface area contributed by atoms with Crippen LogP contribution in [0.5, 0.6) is 0 Å². The summed E-state index contributed by atoms with van der Waals surface area (Å²) in [6.45, 7) is 6.68. The molecule has 1 aliphatic rings. The Morgan fingerprint density at radius 2 is 2.19 bits per heavy atom. The molecular formula is C13H22N8. The van der Waals surface area contributed by atoms with Gasteiger partial charge in [-0.3, -0.25) is 10.5 Å². The Hall–Kier alpha value is -1.93. The maximum absolute atomic E-state index is 5.40. The van der Waals surface area contributed by atoms with Gasteiger partial charge < -0.3 is 10.2 Å². The van der Waals surface area contributed by atoms with Crippen molar-refractivity contribution in [3.63, 3.8) is 0 Å². The van der Waals surface area contributed by atoms with Gasteiger partial charge in [0.2, 0.25) is 5.95 Å². The number of hydrazine groups is 1. The molecule has 3 rings (SSSR count). The number of anilines is 2. The number of nitrogens with zero attached hydrogens (tertiary/aromatic N) is 4. The van der Waals surface area contributed by atoms with Crippen molar-refractivity contribution >= 4 is 22.8 Å². The highest BCUT2D eigenvalue weighted by atomic mass is 15.3. The van der Waals surface area contributed by atoms with Gasteiger partial charge in [-0.15, -0.1) is 0 Å². The van der Waals surface area contributed by atoms with E-state index in [0.717, 1.165) is 24.3 Å². The van der Waals surface area contributed by atoms with Gasteiger partial charge in [-0.2, -0.15) is 15.1 Å². The molecule has 1 saturated heterocycles. The van der Waals surface area contributed by atoms with Crippen LogP contribution in [0.2, 0.25) is 0 Å². The van der Waals surface area contributed by atoms with E-state index in [0.29, 0.717) is 17.5 Å². The third-order valence-corrected chi connectivity index (χ3v) is 3.83. The van der Waals surface area contributed by atoms with Crippen molar-refractivity contribution in [3.8, 4) is 0 Å². The number of nitrogens with one attached hydrogen (secondary N) is 3. The molecule has 3 heterocycles. The summed E-state index contributed by atoms with van der Waals surface area (Å²) in [7, 11) is 0. The zero-order valence-electron chi connectivity index (χ0n) is 12.3. The van der Waals surface area contributed by atoms with E-state index in [1.807, 2.05) is 0 Å². The number of H-pyrrole nitrogens is 1. The van der Waals surface area contributed by atoms with Crippen LogP contribution in [0, 0.1) is 5.92 Å². The average Bonchev–Trinajstić information content (AvgIpc) is 3.15. The Kier molecular flexibility index (Phi) is 4.16. The second-order valence-corrected chi connectivity index (χ2v) is 5.67. The normalized spacial score (nSPS) is 17.2. The van der Waals surface area contributed by atoms with Gasteiger partial charge in [0, 0.05) is 13.1 Å². The molecule has 0 amide bonds. The van der Waals surface area contributed by atoms with E-state index < -0.39 is 0 Å². The van der Waals surface area contributed by atoms with Crippen molar-refractivity contribution in [1.29, 1.82) is 0 Å². The predicted molar refractivity (Wildman–Crippen MR) is 82.8 cm³/mol. The van der Waals surface area contributed by atoms with E-state index in [-0.39, 0.29) is 0 Å². The second kappa shape index (κ2) is 6.23. The molecule has 8 nitrogen and oxygen atoms in total.